The molecular weight excluding hydrogens is 787 g/mol. The van der Waals surface area contributed by atoms with Gasteiger partial charge in [0.15, 0.2) is 12.6 Å². The molecule has 13 atom stereocenters. The molecule has 2 heterocycles. The summed E-state index contributed by atoms with van der Waals surface area (Å²) in [6.45, 7) is 13.7. The Morgan fingerprint density at radius 3 is 1.72 bits per heavy atom. The second-order valence-electron chi connectivity index (χ2n) is 17.4. The van der Waals surface area contributed by atoms with Crippen LogP contribution in [0.1, 0.15) is 81.6 Å². The van der Waals surface area contributed by atoms with Gasteiger partial charge in [-0.05, 0) is 81.6 Å². The van der Waals surface area contributed by atoms with Crippen molar-refractivity contribution in [1.29, 1.82) is 0 Å². The Bertz CT molecular complexity index is 1410. The number of hydrogen-bond acceptors (Lipinski definition) is 16. The first-order chi connectivity index (χ1) is 26.5. The molecule has 23 heteroatoms. The molecule has 3 rings (SSSR count). The first kappa shape index (κ1) is 49.1. The highest BCUT2D eigenvalue weighted by Crippen LogP contribution is 2.33. The van der Waals surface area contributed by atoms with E-state index in [0.29, 0.717) is 0 Å². The van der Waals surface area contributed by atoms with Crippen LogP contribution in [0.2, 0.25) is 0 Å². The average molecular weight is 848 g/mol. The molecule has 10 N–H and O–H groups in total. The summed E-state index contributed by atoms with van der Waals surface area (Å²) >= 11 is 0. The Balaban J connectivity index is 1.96. The number of carbonyl (C=O) groups is 4. The zero-order valence-electron chi connectivity index (χ0n) is 34.0. The summed E-state index contributed by atoms with van der Waals surface area (Å²) in [6.07, 6.45) is -22.8. The van der Waals surface area contributed by atoms with Crippen molar-refractivity contribution in [2.75, 3.05) is 13.2 Å². The number of nitrogens with two attached hydrogens (primary N) is 1. The molecule has 0 aromatic carbocycles. The van der Waals surface area contributed by atoms with E-state index >= 15 is 0 Å². The molecule has 3 fully saturated rings. The number of alkyl carbamates (subject to hydrolysis) is 3. The molecule has 1 aliphatic carbocycles. The molecule has 4 amide bonds. The van der Waals surface area contributed by atoms with Crippen LogP contribution in [-0.2, 0) is 38.0 Å². The maximum Gasteiger partial charge on any atom is 0.471 e. The Morgan fingerprint density at radius 1 is 0.690 bits per heavy atom. The van der Waals surface area contributed by atoms with Gasteiger partial charge in [-0.1, -0.05) is 0 Å². The van der Waals surface area contributed by atoms with Gasteiger partial charge in [0, 0.05) is 12.6 Å². The normalized spacial score (nSPS) is 33.6. The van der Waals surface area contributed by atoms with Crippen molar-refractivity contribution < 1.29 is 85.9 Å². The van der Waals surface area contributed by atoms with Crippen molar-refractivity contribution in [2.45, 2.75) is 184 Å². The van der Waals surface area contributed by atoms with Crippen LogP contribution in [0, 0.1) is 0 Å². The van der Waals surface area contributed by atoms with E-state index in [1.165, 1.54) is 5.32 Å². The fraction of sp³-hybridized carbons (Fsp3) is 0.886. The van der Waals surface area contributed by atoms with Crippen LogP contribution in [0.25, 0.3) is 0 Å². The van der Waals surface area contributed by atoms with E-state index in [9.17, 15) is 52.8 Å². The molecular formula is C35H60F3N5O15. The SMILES string of the molecule is CC(C)(C)OC(=O)NCC1CCC(NC(=O)OC(C)(C)C)[C@@H](OC2C(O)[C@@H](O[C@H]3OC(CO)[C@@H](O)[C@H](NC(=O)C(F)(F)F)C3O)[C@H](N)C[C@H]2NC(=O)OC(C)(C)C)O1. The summed E-state index contributed by atoms with van der Waals surface area (Å²) in [6, 6.07) is -5.43. The van der Waals surface area contributed by atoms with E-state index < -0.39 is 133 Å². The number of ether oxygens (including phenoxy) is 7. The first-order valence-electron chi connectivity index (χ1n) is 18.8. The number of carbonyl (C=O) groups excluding carboxylic acids is 4. The number of aliphatic hydroxyl groups excluding tert-OH is 4. The number of aliphatic hydroxyl groups is 4. The van der Waals surface area contributed by atoms with Gasteiger partial charge in [0.25, 0.3) is 0 Å². The molecule has 2 aliphatic heterocycles. The van der Waals surface area contributed by atoms with E-state index in [2.05, 4.69) is 16.0 Å². The summed E-state index contributed by atoms with van der Waals surface area (Å²) in [5.41, 5.74) is 3.77. The predicted molar refractivity (Wildman–Crippen MR) is 193 cm³/mol. The van der Waals surface area contributed by atoms with Gasteiger partial charge in [-0.25, -0.2) is 14.4 Å². The van der Waals surface area contributed by atoms with Crippen LogP contribution < -0.4 is 27.0 Å². The van der Waals surface area contributed by atoms with Crippen LogP contribution in [0.3, 0.4) is 0 Å². The van der Waals surface area contributed by atoms with E-state index in [1.54, 1.807) is 62.3 Å². The third kappa shape index (κ3) is 14.8. The minimum absolute atomic E-state index is 0.0713. The van der Waals surface area contributed by atoms with Crippen molar-refractivity contribution in [3.63, 3.8) is 0 Å². The largest absolute Gasteiger partial charge is 0.471 e. The monoisotopic (exact) mass is 847 g/mol. The van der Waals surface area contributed by atoms with Crippen molar-refractivity contribution in [3.8, 4) is 0 Å². The molecule has 0 aromatic heterocycles. The lowest BCUT2D eigenvalue weighted by Crippen LogP contribution is -2.70. The highest BCUT2D eigenvalue weighted by Gasteiger charge is 2.53. The minimum atomic E-state index is -5.41. The molecule has 0 radical (unpaired) electrons. The topological polar surface area (TPSA) is 288 Å². The van der Waals surface area contributed by atoms with Crippen LogP contribution >= 0.6 is 0 Å². The zero-order valence-corrected chi connectivity index (χ0v) is 34.0. The molecule has 1 saturated carbocycles. The van der Waals surface area contributed by atoms with Gasteiger partial charge in [0.05, 0.1) is 30.8 Å². The summed E-state index contributed by atoms with van der Waals surface area (Å²) in [5, 5.41) is 52.6. The van der Waals surface area contributed by atoms with Gasteiger partial charge < -0.3 is 80.6 Å². The molecule has 6 unspecified atom stereocenters. The highest BCUT2D eigenvalue weighted by molar-refractivity contribution is 5.82. The Labute approximate surface area is 334 Å². The molecule has 20 nitrogen and oxygen atoms in total. The Morgan fingerprint density at radius 2 is 1.21 bits per heavy atom. The molecule has 2 saturated heterocycles. The van der Waals surface area contributed by atoms with Gasteiger partial charge in [-0.15, -0.1) is 0 Å². The smallest absolute Gasteiger partial charge is 0.444 e. The van der Waals surface area contributed by atoms with Gasteiger partial charge in [0.2, 0.25) is 0 Å². The number of hydrogen-bond donors (Lipinski definition) is 9. The fourth-order valence-electron chi connectivity index (χ4n) is 6.35. The van der Waals surface area contributed by atoms with Crippen LogP contribution in [0.15, 0.2) is 0 Å². The van der Waals surface area contributed by atoms with Crippen molar-refractivity contribution in [2.24, 2.45) is 5.73 Å². The highest BCUT2D eigenvalue weighted by atomic mass is 19.4. The molecule has 336 valence electrons. The van der Waals surface area contributed by atoms with Crippen molar-refractivity contribution >= 4 is 24.2 Å². The summed E-state index contributed by atoms with van der Waals surface area (Å²) in [5.74, 6) is -2.51. The summed E-state index contributed by atoms with van der Waals surface area (Å²) in [4.78, 5) is 50.2. The van der Waals surface area contributed by atoms with E-state index in [-0.39, 0.29) is 25.8 Å². The lowest BCUT2D eigenvalue weighted by atomic mass is 9.83. The zero-order chi connectivity index (χ0) is 44.1. The second kappa shape index (κ2) is 19.4. The predicted octanol–water partition coefficient (Wildman–Crippen LogP) is 0.151. The van der Waals surface area contributed by atoms with Crippen LogP contribution in [-0.4, -0.2) is 160 Å². The quantitative estimate of drug-likeness (QED) is 0.132. The fourth-order valence-corrected chi connectivity index (χ4v) is 6.35. The number of halogens is 3. The maximum absolute atomic E-state index is 13.1. The number of rotatable bonds is 10. The van der Waals surface area contributed by atoms with Crippen molar-refractivity contribution in [1.82, 2.24) is 21.3 Å². The lowest BCUT2D eigenvalue weighted by Gasteiger charge is -2.48. The Kier molecular flexibility index (Phi) is 16.4. The molecule has 0 bridgehead atoms. The summed E-state index contributed by atoms with van der Waals surface area (Å²) in [7, 11) is 0. The molecule has 3 aliphatic rings. The molecule has 0 spiro atoms. The van der Waals surface area contributed by atoms with Crippen LogP contribution in [0.5, 0.6) is 0 Å². The summed E-state index contributed by atoms with van der Waals surface area (Å²) < 4.78 is 79.4. The van der Waals surface area contributed by atoms with Gasteiger partial charge in [0.1, 0.15) is 53.4 Å². The second-order valence-corrected chi connectivity index (χ2v) is 17.4. The third-order valence-corrected chi connectivity index (χ3v) is 8.77. The molecule has 0 aromatic rings. The van der Waals surface area contributed by atoms with Crippen LogP contribution in [0.4, 0.5) is 27.6 Å². The van der Waals surface area contributed by atoms with E-state index in [0.717, 1.165) is 0 Å². The minimum Gasteiger partial charge on any atom is -0.444 e. The van der Waals surface area contributed by atoms with E-state index in [1.807, 2.05) is 0 Å². The molecule has 58 heavy (non-hydrogen) atoms. The van der Waals surface area contributed by atoms with E-state index in [4.69, 9.17) is 38.9 Å². The maximum atomic E-state index is 13.1. The standard InChI is InChI=1S/C35H60F3N5O15/c1-32(2,3)56-29(49)40-13-15-10-11-17(41-30(50)57-33(4,5)6)26(52-15)55-25-18(42-31(51)58-34(7,8)9)12-16(39)24(23(25)47)54-27-22(46)20(21(45)19(14-44)53-27)43-28(48)35(36,37)38/h15-27,44-47H,10-14,39H2,1-9H3,(H,40,49)(H,41,50)(H,42,51)(H,43,48)/t15?,16-,17?,18-,19?,20+,21-,22?,23?,24+,25?,26-,27-/m1/s1. The van der Waals surface area contributed by atoms with Gasteiger partial charge >= 0.3 is 30.4 Å². The average Bonchev–Trinajstić information content (AvgIpc) is 3.04. The lowest BCUT2D eigenvalue weighted by molar-refractivity contribution is -0.316. The third-order valence-electron chi connectivity index (χ3n) is 8.77. The number of nitrogens with one attached hydrogen (secondary N) is 4. The number of amides is 4. The number of alkyl halides is 3. The van der Waals surface area contributed by atoms with Gasteiger partial charge in [-0.3, -0.25) is 4.79 Å². The van der Waals surface area contributed by atoms with Gasteiger partial charge in [-0.2, -0.15) is 13.2 Å². The van der Waals surface area contributed by atoms with Crippen molar-refractivity contribution in [3.05, 3.63) is 0 Å². The first-order valence-corrected chi connectivity index (χ1v) is 18.8. The Hall–Kier alpha value is -3.29.